The molecule has 2 rings (SSSR count). The van der Waals surface area contributed by atoms with Crippen LogP contribution >= 0.6 is 0 Å². The Balaban J connectivity index is 0.000000447. The molecule has 160 valence electrons. The van der Waals surface area contributed by atoms with Crippen LogP contribution < -0.4 is 20.7 Å². The monoisotopic (exact) mass is 399 g/mol. The fourth-order valence-corrected chi connectivity index (χ4v) is 2.51. The van der Waals surface area contributed by atoms with Crippen molar-refractivity contribution in [2.75, 3.05) is 18.9 Å². The molecule has 0 atom stereocenters. The number of benzene rings is 2. The van der Waals surface area contributed by atoms with Crippen molar-refractivity contribution in [1.29, 1.82) is 0 Å². The Morgan fingerprint density at radius 2 is 1.76 bits per heavy atom. The summed E-state index contributed by atoms with van der Waals surface area (Å²) in [5.74, 6) is 0.666. The normalized spacial score (nSPS) is 10.1. The zero-order valence-electron chi connectivity index (χ0n) is 18.5. The average Bonchev–Trinajstić information content (AvgIpc) is 2.73. The van der Waals surface area contributed by atoms with Crippen LogP contribution in [0.1, 0.15) is 51.7 Å². The maximum absolute atomic E-state index is 11.5. The quantitative estimate of drug-likeness (QED) is 0.497. The molecule has 0 aliphatic rings. The molecule has 0 aliphatic heterocycles. The van der Waals surface area contributed by atoms with Crippen molar-refractivity contribution in [3.8, 4) is 5.75 Å². The molecule has 5 nitrogen and oxygen atoms in total. The third-order valence-electron chi connectivity index (χ3n) is 4.25. The summed E-state index contributed by atoms with van der Waals surface area (Å²) in [5.41, 5.74) is 2.92. The van der Waals surface area contributed by atoms with Crippen LogP contribution in [0.3, 0.4) is 0 Å². The molecule has 0 fully saturated rings. The molecule has 0 saturated carbocycles. The van der Waals surface area contributed by atoms with Crippen LogP contribution in [0, 0.1) is 0 Å². The van der Waals surface area contributed by atoms with Gasteiger partial charge in [0, 0.05) is 13.1 Å². The summed E-state index contributed by atoms with van der Waals surface area (Å²) in [7, 11) is 1.59. The number of rotatable bonds is 9. The highest BCUT2D eigenvalue weighted by atomic mass is 16.5. The van der Waals surface area contributed by atoms with Gasteiger partial charge in [-0.2, -0.15) is 0 Å². The van der Waals surface area contributed by atoms with Gasteiger partial charge in [0.05, 0.1) is 5.69 Å². The first-order valence-electron chi connectivity index (χ1n) is 10.5. The van der Waals surface area contributed by atoms with Crippen LogP contribution in [-0.4, -0.2) is 25.7 Å². The number of carbonyl (C=O) groups excluding carboxylic acids is 1. The molecule has 0 unspecified atom stereocenters. The van der Waals surface area contributed by atoms with E-state index in [1.165, 1.54) is 19.4 Å². The maximum Gasteiger partial charge on any atom is 0.319 e. The fraction of sp³-hybridized carbons (Fsp3) is 0.458. The van der Waals surface area contributed by atoms with Crippen molar-refractivity contribution >= 4 is 11.7 Å². The molecule has 3 N–H and O–H groups in total. The Bertz CT molecular complexity index is 703. The summed E-state index contributed by atoms with van der Waals surface area (Å²) in [6.45, 7) is 10.3. The van der Waals surface area contributed by atoms with E-state index in [1.807, 2.05) is 48.5 Å². The first-order valence-corrected chi connectivity index (χ1v) is 10.5. The van der Waals surface area contributed by atoms with E-state index in [0.29, 0.717) is 24.1 Å². The number of unbranched alkanes of at least 4 members (excludes halogenated alkanes) is 1. The second-order valence-electron chi connectivity index (χ2n) is 7.12. The van der Waals surface area contributed by atoms with Crippen molar-refractivity contribution in [3.63, 3.8) is 0 Å². The smallest absolute Gasteiger partial charge is 0.319 e. The highest BCUT2D eigenvalue weighted by molar-refractivity contribution is 5.90. The highest BCUT2D eigenvalue weighted by Crippen LogP contribution is 2.27. The summed E-state index contributed by atoms with van der Waals surface area (Å²) in [5, 5.41) is 8.69. The average molecular weight is 400 g/mol. The van der Waals surface area contributed by atoms with E-state index in [2.05, 4.69) is 43.6 Å². The summed E-state index contributed by atoms with van der Waals surface area (Å²) in [6, 6.07) is 16.2. The molecular formula is C24H37N3O2. The number of hydrogen-bond acceptors (Lipinski definition) is 3. The van der Waals surface area contributed by atoms with Crippen LogP contribution in [0.25, 0.3) is 0 Å². The van der Waals surface area contributed by atoms with Crippen LogP contribution in [0.4, 0.5) is 10.5 Å². The van der Waals surface area contributed by atoms with E-state index < -0.39 is 0 Å². The Hall–Kier alpha value is -2.53. The minimum Gasteiger partial charge on any atom is -0.487 e. The molecule has 0 bridgehead atoms. The standard InChI is InChI=1S/C17H20N2O2.C7H17N/c1-3-13-9-10-16(15(11-13)19-17(20)18-2)21-12-14-7-5-4-6-8-14;1-4-5-6-8-7(2)3/h4-11H,3,12H2,1-2H3,(H2,18,19,20);7-8H,4-6H2,1-3H3. The second-order valence-corrected chi connectivity index (χ2v) is 7.12. The number of carbonyl (C=O) groups is 1. The van der Waals surface area contributed by atoms with Gasteiger partial charge in [-0.1, -0.05) is 70.5 Å². The molecule has 2 aromatic carbocycles. The van der Waals surface area contributed by atoms with Crippen molar-refractivity contribution in [1.82, 2.24) is 10.6 Å². The zero-order chi connectivity index (χ0) is 21.5. The zero-order valence-corrected chi connectivity index (χ0v) is 18.5. The second kappa shape index (κ2) is 14.5. The van der Waals surface area contributed by atoms with Gasteiger partial charge in [-0.05, 0) is 42.6 Å². The lowest BCUT2D eigenvalue weighted by Gasteiger charge is -2.14. The minimum atomic E-state index is -0.257. The Morgan fingerprint density at radius 3 is 2.34 bits per heavy atom. The molecule has 0 saturated heterocycles. The van der Waals surface area contributed by atoms with E-state index in [1.54, 1.807) is 7.05 Å². The summed E-state index contributed by atoms with van der Waals surface area (Å²) >= 11 is 0. The topological polar surface area (TPSA) is 62.4 Å². The molecule has 2 aromatic rings. The number of anilines is 1. The Kier molecular flexibility index (Phi) is 12.2. The number of amides is 2. The van der Waals surface area contributed by atoms with Gasteiger partial charge >= 0.3 is 6.03 Å². The number of ether oxygens (including phenoxy) is 1. The predicted octanol–water partition coefficient (Wildman–Crippen LogP) is 5.36. The van der Waals surface area contributed by atoms with E-state index in [-0.39, 0.29) is 6.03 Å². The van der Waals surface area contributed by atoms with Crippen LogP contribution in [0.2, 0.25) is 0 Å². The number of hydrogen-bond donors (Lipinski definition) is 3. The fourth-order valence-electron chi connectivity index (χ4n) is 2.51. The van der Waals surface area contributed by atoms with Crippen molar-refractivity contribution in [2.45, 2.75) is 59.6 Å². The molecule has 0 radical (unpaired) electrons. The third-order valence-corrected chi connectivity index (χ3v) is 4.25. The van der Waals surface area contributed by atoms with Gasteiger partial charge in [-0.25, -0.2) is 4.79 Å². The van der Waals surface area contributed by atoms with Gasteiger partial charge in [-0.15, -0.1) is 0 Å². The summed E-state index contributed by atoms with van der Waals surface area (Å²) in [4.78, 5) is 11.5. The van der Waals surface area contributed by atoms with E-state index in [9.17, 15) is 4.79 Å². The van der Waals surface area contributed by atoms with Gasteiger partial charge in [-0.3, -0.25) is 0 Å². The lowest BCUT2D eigenvalue weighted by atomic mass is 10.1. The number of urea groups is 1. The first kappa shape index (κ1) is 24.5. The van der Waals surface area contributed by atoms with E-state index >= 15 is 0 Å². The molecule has 2 amide bonds. The Labute approximate surface area is 176 Å². The van der Waals surface area contributed by atoms with E-state index in [4.69, 9.17) is 4.74 Å². The van der Waals surface area contributed by atoms with E-state index in [0.717, 1.165) is 17.5 Å². The van der Waals surface area contributed by atoms with Gasteiger partial charge in [0.15, 0.2) is 0 Å². The van der Waals surface area contributed by atoms with Gasteiger partial charge in [0.2, 0.25) is 0 Å². The van der Waals surface area contributed by atoms with Gasteiger partial charge in [0.1, 0.15) is 12.4 Å². The molecule has 0 aliphatic carbocycles. The lowest BCUT2D eigenvalue weighted by Crippen LogP contribution is -2.24. The summed E-state index contributed by atoms with van der Waals surface area (Å²) < 4.78 is 5.83. The predicted molar refractivity (Wildman–Crippen MR) is 123 cm³/mol. The molecule has 0 spiro atoms. The maximum atomic E-state index is 11.5. The van der Waals surface area contributed by atoms with Crippen LogP contribution in [-0.2, 0) is 13.0 Å². The number of aryl methyl sites for hydroxylation is 1. The Morgan fingerprint density at radius 1 is 1.03 bits per heavy atom. The van der Waals surface area contributed by atoms with Crippen molar-refractivity contribution in [2.24, 2.45) is 0 Å². The van der Waals surface area contributed by atoms with Crippen molar-refractivity contribution < 1.29 is 9.53 Å². The van der Waals surface area contributed by atoms with Gasteiger partial charge < -0.3 is 20.7 Å². The first-order chi connectivity index (χ1) is 14.0. The molecule has 0 aromatic heterocycles. The molecule has 5 heteroatoms. The number of nitrogens with one attached hydrogen (secondary N) is 3. The molecular weight excluding hydrogens is 362 g/mol. The third kappa shape index (κ3) is 10.5. The highest BCUT2D eigenvalue weighted by Gasteiger charge is 2.08. The van der Waals surface area contributed by atoms with Crippen molar-refractivity contribution in [3.05, 3.63) is 59.7 Å². The minimum absolute atomic E-state index is 0.257. The van der Waals surface area contributed by atoms with Crippen LogP contribution in [0.15, 0.2) is 48.5 Å². The summed E-state index contributed by atoms with van der Waals surface area (Å²) in [6.07, 6.45) is 3.50. The lowest BCUT2D eigenvalue weighted by molar-refractivity contribution is 0.253. The molecule has 29 heavy (non-hydrogen) atoms. The molecule has 0 heterocycles. The largest absolute Gasteiger partial charge is 0.487 e. The van der Waals surface area contributed by atoms with Crippen LogP contribution in [0.5, 0.6) is 5.75 Å². The SMILES string of the molecule is CCCCNC(C)C.CCc1ccc(OCc2ccccc2)c(NC(=O)NC)c1. The van der Waals surface area contributed by atoms with Gasteiger partial charge in [0.25, 0.3) is 0 Å².